The van der Waals surface area contributed by atoms with E-state index in [0.717, 1.165) is 47.7 Å². The molecular weight excluding hydrogens is 382 g/mol. The van der Waals surface area contributed by atoms with Crippen LogP contribution in [0.25, 0.3) is 0 Å². The Morgan fingerprint density at radius 2 is 2.00 bits per heavy atom. The van der Waals surface area contributed by atoms with Gasteiger partial charge in [0.25, 0.3) is 0 Å². The SMILES string of the molecule is C#Cc1cnn(C(C)C2CCC3C4CCC5CC(COC)CCC5C4CCC32C)c1N. The predicted octanol–water partition coefficient (Wildman–Crippen LogP) is 5.54. The Balaban J connectivity index is 1.33. The lowest BCUT2D eigenvalue weighted by Crippen LogP contribution is -2.49. The molecule has 4 heteroatoms. The van der Waals surface area contributed by atoms with Crippen molar-refractivity contribution in [3.05, 3.63) is 11.8 Å². The molecule has 4 fully saturated rings. The van der Waals surface area contributed by atoms with Crippen LogP contribution in [0.3, 0.4) is 0 Å². The zero-order valence-corrected chi connectivity index (χ0v) is 19.7. The summed E-state index contributed by atoms with van der Waals surface area (Å²) in [5.74, 6) is 9.52. The number of nitrogens with zero attached hydrogens (tertiary/aromatic N) is 2. The minimum absolute atomic E-state index is 0.314. The molecule has 4 saturated carbocycles. The van der Waals surface area contributed by atoms with Gasteiger partial charge in [0.05, 0.1) is 17.8 Å². The number of anilines is 1. The maximum absolute atomic E-state index is 6.35. The second-order valence-electron chi connectivity index (χ2n) is 11.6. The highest BCUT2D eigenvalue weighted by Gasteiger charge is 2.58. The summed E-state index contributed by atoms with van der Waals surface area (Å²) in [4.78, 5) is 0. The highest BCUT2D eigenvalue weighted by Crippen LogP contribution is 2.66. The van der Waals surface area contributed by atoms with E-state index in [1.165, 1.54) is 57.8 Å². The Labute approximate surface area is 188 Å². The summed E-state index contributed by atoms with van der Waals surface area (Å²) in [6.07, 6.45) is 20.0. The molecule has 9 unspecified atom stereocenters. The Morgan fingerprint density at radius 3 is 2.74 bits per heavy atom. The third-order valence-corrected chi connectivity index (χ3v) is 10.5. The molecule has 31 heavy (non-hydrogen) atoms. The zero-order valence-electron chi connectivity index (χ0n) is 19.7. The molecule has 4 aliphatic carbocycles. The molecule has 0 amide bonds. The van der Waals surface area contributed by atoms with Gasteiger partial charge in [-0.3, -0.25) is 0 Å². The summed E-state index contributed by atoms with van der Waals surface area (Å²) in [5, 5.41) is 4.60. The van der Waals surface area contributed by atoms with E-state index in [1.54, 1.807) is 6.20 Å². The van der Waals surface area contributed by atoms with Crippen molar-refractivity contribution < 1.29 is 4.74 Å². The highest BCUT2D eigenvalue weighted by molar-refractivity contribution is 5.49. The second kappa shape index (κ2) is 8.14. The number of methoxy groups -OCH3 is 1. The van der Waals surface area contributed by atoms with Crippen molar-refractivity contribution in [1.82, 2.24) is 9.78 Å². The summed E-state index contributed by atoms with van der Waals surface area (Å²) in [5.41, 5.74) is 7.50. The van der Waals surface area contributed by atoms with E-state index in [-0.39, 0.29) is 0 Å². The first-order valence-electron chi connectivity index (χ1n) is 12.8. The molecule has 1 aromatic heterocycles. The van der Waals surface area contributed by atoms with Crippen LogP contribution < -0.4 is 5.73 Å². The zero-order chi connectivity index (χ0) is 21.8. The number of nitrogen functional groups attached to an aromatic ring is 1. The molecule has 0 aliphatic heterocycles. The van der Waals surface area contributed by atoms with Crippen LogP contribution in [-0.2, 0) is 4.74 Å². The molecule has 0 radical (unpaired) electrons. The number of aromatic nitrogens is 2. The lowest BCUT2D eigenvalue weighted by Gasteiger charge is -2.56. The van der Waals surface area contributed by atoms with Crippen LogP contribution in [0.2, 0.25) is 0 Å². The average molecular weight is 424 g/mol. The molecule has 1 heterocycles. The number of ether oxygens (including phenoxy) is 1. The number of hydrogen-bond donors (Lipinski definition) is 1. The van der Waals surface area contributed by atoms with Gasteiger partial charge in [-0.05, 0) is 112 Å². The number of terminal acetylenes is 1. The Hall–Kier alpha value is -1.47. The smallest absolute Gasteiger partial charge is 0.137 e. The van der Waals surface area contributed by atoms with Gasteiger partial charge in [-0.2, -0.15) is 5.10 Å². The number of nitrogens with two attached hydrogens (primary N) is 1. The third-order valence-electron chi connectivity index (χ3n) is 10.5. The summed E-state index contributed by atoms with van der Waals surface area (Å²) in [6, 6.07) is 0.314. The van der Waals surface area contributed by atoms with Crippen LogP contribution in [0.4, 0.5) is 5.82 Å². The van der Waals surface area contributed by atoms with E-state index in [9.17, 15) is 0 Å². The van der Waals surface area contributed by atoms with E-state index in [1.807, 2.05) is 11.8 Å². The van der Waals surface area contributed by atoms with Crippen molar-refractivity contribution in [2.75, 3.05) is 19.5 Å². The standard InChI is InChI=1S/C27H41N3O/c1-5-19-15-29-30(26(19)28)17(2)24-10-11-25-23-9-7-20-14-18(16-31-4)6-8-21(20)22(23)12-13-27(24,25)3/h1,15,17-18,20-25H,6-14,16,28H2,2-4H3. The van der Waals surface area contributed by atoms with Gasteiger partial charge in [0, 0.05) is 13.7 Å². The van der Waals surface area contributed by atoms with Crippen molar-refractivity contribution in [1.29, 1.82) is 0 Å². The summed E-state index contributed by atoms with van der Waals surface area (Å²) in [6.45, 7) is 5.89. The average Bonchev–Trinajstić information content (AvgIpc) is 3.32. The van der Waals surface area contributed by atoms with Crippen LogP contribution in [0, 0.1) is 59.2 Å². The fourth-order valence-electron chi connectivity index (χ4n) is 9.15. The Morgan fingerprint density at radius 1 is 1.19 bits per heavy atom. The molecule has 9 atom stereocenters. The van der Waals surface area contributed by atoms with E-state index in [2.05, 4.69) is 24.9 Å². The number of hydrogen-bond acceptors (Lipinski definition) is 3. The van der Waals surface area contributed by atoms with Crippen molar-refractivity contribution >= 4 is 5.82 Å². The molecule has 0 aromatic carbocycles. The third kappa shape index (κ3) is 3.34. The van der Waals surface area contributed by atoms with Crippen LogP contribution in [0.1, 0.15) is 83.2 Å². The summed E-state index contributed by atoms with van der Waals surface area (Å²) in [7, 11) is 1.87. The molecule has 1 aromatic rings. The van der Waals surface area contributed by atoms with Crippen molar-refractivity contribution in [3.63, 3.8) is 0 Å². The lowest BCUT2D eigenvalue weighted by molar-refractivity contribution is -0.0764. The van der Waals surface area contributed by atoms with E-state index < -0.39 is 0 Å². The first-order chi connectivity index (χ1) is 15.0. The molecule has 4 aliphatic rings. The molecule has 4 nitrogen and oxygen atoms in total. The molecule has 170 valence electrons. The van der Waals surface area contributed by atoms with Gasteiger partial charge in [-0.15, -0.1) is 6.42 Å². The topological polar surface area (TPSA) is 53.1 Å². The van der Waals surface area contributed by atoms with Gasteiger partial charge in [-0.25, -0.2) is 4.68 Å². The quantitative estimate of drug-likeness (QED) is 0.647. The van der Waals surface area contributed by atoms with E-state index >= 15 is 0 Å². The Kier molecular flexibility index (Phi) is 5.62. The molecule has 0 saturated heterocycles. The number of rotatable bonds is 4. The van der Waals surface area contributed by atoms with Crippen LogP contribution in [-0.4, -0.2) is 23.5 Å². The van der Waals surface area contributed by atoms with E-state index in [0.29, 0.717) is 23.2 Å². The largest absolute Gasteiger partial charge is 0.384 e. The molecule has 2 N–H and O–H groups in total. The van der Waals surface area contributed by atoms with Gasteiger partial charge in [0.1, 0.15) is 5.82 Å². The van der Waals surface area contributed by atoms with Gasteiger partial charge >= 0.3 is 0 Å². The molecule has 0 bridgehead atoms. The van der Waals surface area contributed by atoms with Crippen LogP contribution in [0.5, 0.6) is 0 Å². The second-order valence-corrected chi connectivity index (χ2v) is 11.6. The van der Waals surface area contributed by atoms with Gasteiger partial charge in [0.2, 0.25) is 0 Å². The molecule has 5 rings (SSSR count). The lowest BCUT2D eigenvalue weighted by atomic mass is 9.49. The predicted molar refractivity (Wildman–Crippen MR) is 125 cm³/mol. The minimum Gasteiger partial charge on any atom is -0.384 e. The van der Waals surface area contributed by atoms with Crippen LogP contribution in [0.15, 0.2) is 6.20 Å². The van der Waals surface area contributed by atoms with E-state index in [4.69, 9.17) is 16.9 Å². The monoisotopic (exact) mass is 423 g/mol. The summed E-state index contributed by atoms with van der Waals surface area (Å²) < 4.78 is 7.52. The highest BCUT2D eigenvalue weighted by atomic mass is 16.5. The number of fused-ring (bicyclic) bond motifs is 5. The molecule has 0 spiro atoms. The van der Waals surface area contributed by atoms with Crippen molar-refractivity contribution in [2.45, 2.75) is 77.7 Å². The van der Waals surface area contributed by atoms with Crippen LogP contribution >= 0.6 is 0 Å². The fourth-order valence-corrected chi connectivity index (χ4v) is 9.15. The minimum atomic E-state index is 0.314. The fraction of sp³-hybridized carbons (Fsp3) is 0.815. The molecular formula is C27H41N3O. The maximum atomic E-state index is 6.35. The van der Waals surface area contributed by atoms with Gasteiger partial charge < -0.3 is 10.5 Å². The maximum Gasteiger partial charge on any atom is 0.137 e. The van der Waals surface area contributed by atoms with Crippen molar-refractivity contribution in [3.8, 4) is 12.3 Å². The van der Waals surface area contributed by atoms with Crippen molar-refractivity contribution in [2.24, 2.45) is 46.8 Å². The van der Waals surface area contributed by atoms with Gasteiger partial charge in [-0.1, -0.05) is 12.8 Å². The normalized spacial score (nSPS) is 42.8. The summed E-state index contributed by atoms with van der Waals surface area (Å²) >= 11 is 0. The Bertz CT molecular complexity index is 840. The first kappa shape index (κ1) is 21.4. The first-order valence-corrected chi connectivity index (χ1v) is 12.8. The van der Waals surface area contributed by atoms with Gasteiger partial charge in [0.15, 0.2) is 0 Å².